The second-order valence-electron chi connectivity index (χ2n) is 6.22. The van der Waals surface area contributed by atoms with Crippen LogP contribution in [0.2, 0.25) is 0 Å². The molecule has 5 nitrogen and oxygen atoms in total. The van der Waals surface area contributed by atoms with Gasteiger partial charge >= 0.3 is 5.97 Å². The normalized spacial score (nSPS) is 23.9. The van der Waals surface area contributed by atoms with Crippen molar-refractivity contribution >= 4 is 11.9 Å². The summed E-state index contributed by atoms with van der Waals surface area (Å²) in [6.45, 7) is 4.11. The predicted octanol–water partition coefficient (Wildman–Crippen LogP) is 2.79. The number of para-hydroxylation sites is 1. The maximum atomic E-state index is 12.1. The Bertz CT molecular complexity index is 558. The first-order valence-electron chi connectivity index (χ1n) is 8.12. The van der Waals surface area contributed by atoms with Crippen LogP contribution in [0.15, 0.2) is 24.3 Å². The number of carbonyl (C=O) groups is 2. The number of carbonyl (C=O) groups excluding carboxylic acids is 2. The van der Waals surface area contributed by atoms with Gasteiger partial charge in [-0.3, -0.25) is 4.79 Å². The molecule has 1 aliphatic rings. The molecule has 1 fully saturated rings. The highest BCUT2D eigenvalue weighted by Crippen LogP contribution is 2.29. The molecule has 1 aromatic carbocycles. The lowest BCUT2D eigenvalue weighted by atomic mass is 9.78. The average Bonchev–Trinajstić information content (AvgIpc) is 2.56. The molecule has 1 aliphatic carbocycles. The van der Waals surface area contributed by atoms with Crippen LogP contribution in [0, 0.1) is 11.8 Å². The van der Waals surface area contributed by atoms with Crippen LogP contribution in [0.1, 0.15) is 43.5 Å². The van der Waals surface area contributed by atoms with Crippen LogP contribution in [-0.2, 0) is 9.53 Å². The third-order valence-electron chi connectivity index (χ3n) is 4.71. The van der Waals surface area contributed by atoms with E-state index in [1.807, 2.05) is 0 Å². The van der Waals surface area contributed by atoms with Crippen molar-refractivity contribution in [3.05, 3.63) is 29.8 Å². The van der Waals surface area contributed by atoms with Crippen LogP contribution in [0.4, 0.5) is 0 Å². The zero-order valence-electron chi connectivity index (χ0n) is 14.0. The fourth-order valence-corrected chi connectivity index (χ4v) is 3.06. The summed E-state index contributed by atoms with van der Waals surface area (Å²) in [6, 6.07) is 6.96. The Morgan fingerprint density at radius 2 is 1.96 bits per heavy atom. The van der Waals surface area contributed by atoms with Gasteiger partial charge in [0.1, 0.15) is 11.3 Å². The van der Waals surface area contributed by atoms with Gasteiger partial charge in [0, 0.05) is 6.04 Å². The molecule has 3 atom stereocenters. The molecule has 1 aromatic rings. The first-order valence-corrected chi connectivity index (χ1v) is 8.12. The van der Waals surface area contributed by atoms with Crippen LogP contribution in [-0.4, -0.2) is 31.6 Å². The first-order chi connectivity index (χ1) is 11.0. The van der Waals surface area contributed by atoms with Crippen LogP contribution < -0.4 is 10.1 Å². The van der Waals surface area contributed by atoms with Gasteiger partial charge in [-0.25, -0.2) is 4.79 Å². The zero-order chi connectivity index (χ0) is 16.8. The molecule has 0 spiro atoms. The van der Waals surface area contributed by atoms with Crippen molar-refractivity contribution < 1.29 is 19.1 Å². The van der Waals surface area contributed by atoms with Gasteiger partial charge in [-0.05, 0) is 30.4 Å². The fourth-order valence-electron chi connectivity index (χ4n) is 3.06. The molecule has 0 bridgehead atoms. The van der Waals surface area contributed by atoms with Gasteiger partial charge < -0.3 is 14.8 Å². The van der Waals surface area contributed by atoms with Gasteiger partial charge in [-0.2, -0.15) is 0 Å². The van der Waals surface area contributed by atoms with E-state index in [2.05, 4.69) is 19.2 Å². The largest absolute Gasteiger partial charge is 0.496 e. The molecule has 1 saturated carbocycles. The number of hydrogen-bond donors (Lipinski definition) is 1. The molecule has 0 saturated heterocycles. The summed E-state index contributed by atoms with van der Waals surface area (Å²) in [7, 11) is 1.49. The molecule has 0 aliphatic heterocycles. The summed E-state index contributed by atoms with van der Waals surface area (Å²) < 4.78 is 10.2. The van der Waals surface area contributed by atoms with Crippen LogP contribution in [0.3, 0.4) is 0 Å². The molecular weight excluding hydrogens is 294 g/mol. The quantitative estimate of drug-likeness (QED) is 0.848. The number of ether oxygens (including phenoxy) is 2. The Labute approximate surface area is 137 Å². The minimum Gasteiger partial charge on any atom is -0.496 e. The van der Waals surface area contributed by atoms with Crippen molar-refractivity contribution in [1.29, 1.82) is 0 Å². The summed E-state index contributed by atoms with van der Waals surface area (Å²) in [5, 5.41) is 2.99. The third kappa shape index (κ3) is 4.47. The molecule has 23 heavy (non-hydrogen) atoms. The van der Waals surface area contributed by atoms with Gasteiger partial charge in [0.2, 0.25) is 0 Å². The third-order valence-corrected chi connectivity index (χ3v) is 4.71. The minimum atomic E-state index is -0.553. The lowest BCUT2D eigenvalue weighted by molar-refractivity contribution is -0.125. The smallest absolute Gasteiger partial charge is 0.342 e. The Morgan fingerprint density at radius 3 is 2.70 bits per heavy atom. The number of rotatable bonds is 5. The van der Waals surface area contributed by atoms with Crippen LogP contribution in [0.5, 0.6) is 5.75 Å². The van der Waals surface area contributed by atoms with Crippen molar-refractivity contribution in [2.24, 2.45) is 11.8 Å². The maximum Gasteiger partial charge on any atom is 0.342 e. The lowest BCUT2D eigenvalue weighted by Gasteiger charge is -2.34. The highest BCUT2D eigenvalue weighted by atomic mass is 16.5. The molecule has 0 aromatic heterocycles. The Hall–Kier alpha value is -2.04. The van der Waals surface area contributed by atoms with E-state index in [4.69, 9.17) is 9.47 Å². The maximum absolute atomic E-state index is 12.1. The Balaban J connectivity index is 1.85. The Kier molecular flexibility index (Phi) is 6.02. The van der Waals surface area contributed by atoms with Crippen molar-refractivity contribution in [1.82, 2.24) is 5.32 Å². The number of hydrogen-bond acceptors (Lipinski definition) is 4. The second kappa shape index (κ2) is 7.99. The standard InChI is InChI=1S/C18H25NO4/c1-12-7-6-9-15(13(12)2)19-17(20)11-23-18(21)14-8-4-5-10-16(14)22-3/h4-5,8,10,12-13,15H,6-7,9,11H2,1-3H3,(H,19,20)/t12-,13+,15-/m0/s1. The summed E-state index contributed by atoms with van der Waals surface area (Å²) in [5.41, 5.74) is 0.322. The van der Waals surface area contributed by atoms with Crippen molar-refractivity contribution in [2.75, 3.05) is 13.7 Å². The summed E-state index contributed by atoms with van der Waals surface area (Å²) in [6.07, 6.45) is 3.31. The second-order valence-corrected chi connectivity index (χ2v) is 6.22. The van der Waals surface area contributed by atoms with Gasteiger partial charge in [-0.1, -0.05) is 38.8 Å². The van der Waals surface area contributed by atoms with E-state index in [1.54, 1.807) is 24.3 Å². The lowest BCUT2D eigenvalue weighted by Crippen LogP contribution is -2.45. The minimum absolute atomic E-state index is 0.163. The predicted molar refractivity (Wildman–Crippen MR) is 87.4 cm³/mol. The molecular formula is C18H25NO4. The van der Waals surface area contributed by atoms with Gasteiger partial charge in [0.15, 0.2) is 6.61 Å². The Morgan fingerprint density at radius 1 is 1.22 bits per heavy atom. The zero-order valence-corrected chi connectivity index (χ0v) is 14.0. The summed E-state index contributed by atoms with van der Waals surface area (Å²) >= 11 is 0. The van der Waals surface area contributed by atoms with E-state index in [9.17, 15) is 9.59 Å². The number of esters is 1. The topological polar surface area (TPSA) is 64.6 Å². The van der Waals surface area contributed by atoms with E-state index >= 15 is 0 Å². The van der Waals surface area contributed by atoms with E-state index in [0.717, 1.165) is 12.8 Å². The van der Waals surface area contributed by atoms with Crippen LogP contribution >= 0.6 is 0 Å². The van der Waals surface area contributed by atoms with Crippen molar-refractivity contribution in [2.45, 2.75) is 39.2 Å². The van der Waals surface area contributed by atoms with Crippen LogP contribution in [0.25, 0.3) is 0 Å². The molecule has 1 amide bonds. The number of benzene rings is 1. The van der Waals surface area contributed by atoms with E-state index in [0.29, 0.717) is 23.1 Å². The molecule has 0 radical (unpaired) electrons. The van der Waals surface area contributed by atoms with E-state index in [-0.39, 0.29) is 18.6 Å². The molecule has 5 heteroatoms. The number of amides is 1. The van der Waals surface area contributed by atoms with Gasteiger partial charge in [-0.15, -0.1) is 0 Å². The highest BCUT2D eigenvalue weighted by Gasteiger charge is 2.28. The SMILES string of the molecule is COc1ccccc1C(=O)OCC(=O)N[C@H]1CCC[C@H](C)[C@H]1C. The fraction of sp³-hybridized carbons (Fsp3) is 0.556. The highest BCUT2D eigenvalue weighted by molar-refractivity contribution is 5.94. The summed E-state index contributed by atoms with van der Waals surface area (Å²) in [5.74, 6) is 0.678. The molecule has 1 N–H and O–H groups in total. The number of nitrogens with one attached hydrogen (secondary N) is 1. The molecule has 2 rings (SSSR count). The monoisotopic (exact) mass is 319 g/mol. The molecule has 0 heterocycles. The average molecular weight is 319 g/mol. The number of methoxy groups -OCH3 is 1. The van der Waals surface area contributed by atoms with Gasteiger partial charge in [0.25, 0.3) is 5.91 Å². The van der Waals surface area contributed by atoms with Crippen molar-refractivity contribution in [3.63, 3.8) is 0 Å². The molecule has 126 valence electrons. The van der Waals surface area contributed by atoms with Crippen molar-refractivity contribution in [3.8, 4) is 5.75 Å². The van der Waals surface area contributed by atoms with E-state index in [1.165, 1.54) is 13.5 Å². The van der Waals surface area contributed by atoms with E-state index < -0.39 is 5.97 Å². The van der Waals surface area contributed by atoms with Gasteiger partial charge in [0.05, 0.1) is 7.11 Å². The first kappa shape index (κ1) is 17.3. The summed E-state index contributed by atoms with van der Waals surface area (Å²) in [4.78, 5) is 24.1. The molecule has 0 unspecified atom stereocenters.